The molecule has 13 heavy (non-hydrogen) atoms. The zero-order valence-electron chi connectivity index (χ0n) is 9.38. The van der Waals surface area contributed by atoms with Crippen molar-refractivity contribution in [3.05, 3.63) is 0 Å². The highest BCUT2D eigenvalue weighted by Crippen LogP contribution is 2.67. The fourth-order valence-electron chi connectivity index (χ4n) is 3.82. The summed E-state index contributed by atoms with van der Waals surface area (Å²) in [6.45, 7) is 9.47. The van der Waals surface area contributed by atoms with Crippen LogP contribution in [0.1, 0.15) is 40.5 Å². The summed E-state index contributed by atoms with van der Waals surface area (Å²) in [6.07, 6.45) is 2.82. The van der Waals surface area contributed by atoms with E-state index in [-0.39, 0.29) is 0 Å². The molecule has 0 spiro atoms. The maximum atomic E-state index is 6.08. The second-order valence-electron chi connectivity index (χ2n) is 5.87. The molecule has 6 atom stereocenters. The molecule has 2 rings (SSSR count). The van der Waals surface area contributed by atoms with Gasteiger partial charge in [0, 0.05) is 6.04 Å². The van der Waals surface area contributed by atoms with Crippen molar-refractivity contribution in [2.45, 2.75) is 46.6 Å². The fraction of sp³-hybridized carbons (Fsp3) is 1.00. The second-order valence-corrected chi connectivity index (χ2v) is 5.87. The molecule has 2 aliphatic rings. The van der Waals surface area contributed by atoms with Crippen molar-refractivity contribution in [1.29, 1.82) is 0 Å². The first-order chi connectivity index (χ1) is 5.97. The predicted molar refractivity (Wildman–Crippen MR) is 56.3 cm³/mol. The Morgan fingerprint density at radius 1 is 1.38 bits per heavy atom. The number of nitrogens with two attached hydrogens (primary N) is 1. The Balaban J connectivity index is 2.15. The molecule has 1 heteroatoms. The van der Waals surface area contributed by atoms with E-state index in [1.165, 1.54) is 12.8 Å². The molecule has 5 unspecified atom stereocenters. The van der Waals surface area contributed by atoms with Crippen LogP contribution in [0.2, 0.25) is 0 Å². The smallest absolute Gasteiger partial charge is 0.00441 e. The molecule has 2 saturated carbocycles. The Morgan fingerprint density at radius 2 is 2.00 bits per heavy atom. The lowest BCUT2D eigenvalue weighted by molar-refractivity contribution is 0.119. The fourth-order valence-corrected chi connectivity index (χ4v) is 3.82. The van der Waals surface area contributed by atoms with Gasteiger partial charge in [-0.3, -0.25) is 0 Å². The van der Waals surface area contributed by atoms with E-state index in [0.717, 1.165) is 23.7 Å². The van der Waals surface area contributed by atoms with Gasteiger partial charge in [-0.1, -0.05) is 20.8 Å². The summed E-state index contributed by atoms with van der Waals surface area (Å²) in [7, 11) is 0. The lowest BCUT2D eigenvalue weighted by atomic mass is 9.68. The largest absolute Gasteiger partial charge is 0.328 e. The Morgan fingerprint density at radius 3 is 2.54 bits per heavy atom. The average molecular weight is 181 g/mol. The molecule has 0 aromatic rings. The lowest BCUT2D eigenvalue weighted by Crippen LogP contribution is -2.39. The summed E-state index contributed by atoms with van der Waals surface area (Å²) >= 11 is 0. The molecule has 0 aliphatic heterocycles. The lowest BCUT2D eigenvalue weighted by Gasteiger charge is -2.38. The van der Waals surface area contributed by atoms with E-state index >= 15 is 0 Å². The number of hydrogen-bond acceptors (Lipinski definition) is 1. The van der Waals surface area contributed by atoms with Crippen molar-refractivity contribution in [2.75, 3.05) is 0 Å². The SMILES string of the molecule is CC(N)C1C(C)C[C@H](C)C2(C)CC12. The van der Waals surface area contributed by atoms with Crippen molar-refractivity contribution in [3.63, 3.8) is 0 Å². The predicted octanol–water partition coefficient (Wildman–Crippen LogP) is 2.65. The van der Waals surface area contributed by atoms with Gasteiger partial charge in [0.05, 0.1) is 0 Å². The minimum Gasteiger partial charge on any atom is -0.328 e. The van der Waals surface area contributed by atoms with E-state index in [9.17, 15) is 0 Å². The number of hydrogen-bond donors (Lipinski definition) is 1. The highest BCUT2D eigenvalue weighted by atomic mass is 14.7. The van der Waals surface area contributed by atoms with Crippen LogP contribution in [0.3, 0.4) is 0 Å². The van der Waals surface area contributed by atoms with Crippen LogP contribution in [0, 0.1) is 29.1 Å². The van der Waals surface area contributed by atoms with E-state index in [2.05, 4.69) is 27.7 Å². The van der Waals surface area contributed by atoms with Crippen LogP contribution >= 0.6 is 0 Å². The van der Waals surface area contributed by atoms with Crippen LogP contribution in [-0.4, -0.2) is 6.04 Å². The van der Waals surface area contributed by atoms with E-state index < -0.39 is 0 Å². The topological polar surface area (TPSA) is 26.0 Å². The Hall–Kier alpha value is -0.0400. The molecular weight excluding hydrogens is 158 g/mol. The monoisotopic (exact) mass is 181 g/mol. The van der Waals surface area contributed by atoms with Crippen molar-refractivity contribution in [3.8, 4) is 0 Å². The first-order valence-corrected chi connectivity index (χ1v) is 5.72. The summed E-state index contributed by atoms with van der Waals surface area (Å²) in [5.41, 5.74) is 6.74. The van der Waals surface area contributed by atoms with Crippen molar-refractivity contribution >= 4 is 0 Å². The van der Waals surface area contributed by atoms with Gasteiger partial charge in [-0.05, 0) is 48.9 Å². The van der Waals surface area contributed by atoms with Crippen molar-refractivity contribution in [1.82, 2.24) is 0 Å². The van der Waals surface area contributed by atoms with E-state index in [1.54, 1.807) is 0 Å². The average Bonchev–Trinajstić information content (AvgIpc) is 2.62. The highest BCUT2D eigenvalue weighted by molar-refractivity contribution is 5.10. The molecule has 0 amide bonds. The third-order valence-electron chi connectivity index (χ3n) is 4.93. The highest BCUT2D eigenvalue weighted by Gasteiger charge is 2.61. The van der Waals surface area contributed by atoms with Gasteiger partial charge >= 0.3 is 0 Å². The van der Waals surface area contributed by atoms with E-state index in [4.69, 9.17) is 5.73 Å². The second kappa shape index (κ2) is 2.73. The van der Waals surface area contributed by atoms with Crippen LogP contribution in [0.4, 0.5) is 0 Å². The maximum Gasteiger partial charge on any atom is 0.00441 e. The molecule has 2 fully saturated rings. The molecular formula is C12H23N. The van der Waals surface area contributed by atoms with Gasteiger partial charge in [0.15, 0.2) is 0 Å². The summed E-state index contributed by atoms with van der Waals surface area (Å²) in [6, 6.07) is 0.398. The molecule has 0 aromatic heterocycles. The zero-order chi connectivity index (χ0) is 9.80. The maximum absolute atomic E-state index is 6.08. The van der Waals surface area contributed by atoms with Gasteiger partial charge in [-0.15, -0.1) is 0 Å². The zero-order valence-corrected chi connectivity index (χ0v) is 9.38. The quantitative estimate of drug-likeness (QED) is 0.661. The van der Waals surface area contributed by atoms with Crippen LogP contribution in [0.25, 0.3) is 0 Å². The van der Waals surface area contributed by atoms with Gasteiger partial charge in [0.25, 0.3) is 0 Å². The molecule has 0 radical (unpaired) electrons. The molecule has 0 saturated heterocycles. The Bertz CT molecular complexity index is 211. The number of rotatable bonds is 1. The van der Waals surface area contributed by atoms with Crippen molar-refractivity contribution < 1.29 is 0 Å². The van der Waals surface area contributed by atoms with Crippen LogP contribution in [-0.2, 0) is 0 Å². The van der Waals surface area contributed by atoms with Crippen LogP contribution in [0.5, 0.6) is 0 Å². The minimum absolute atomic E-state index is 0.398. The van der Waals surface area contributed by atoms with Crippen LogP contribution in [0.15, 0.2) is 0 Å². The molecule has 2 aliphatic carbocycles. The molecule has 0 heterocycles. The normalized spacial score (nSPS) is 57.0. The summed E-state index contributed by atoms with van der Waals surface area (Å²) < 4.78 is 0. The Labute approximate surface area is 82.1 Å². The summed E-state index contributed by atoms with van der Waals surface area (Å²) in [5, 5.41) is 0. The molecule has 76 valence electrons. The third kappa shape index (κ3) is 1.24. The van der Waals surface area contributed by atoms with Crippen molar-refractivity contribution in [2.24, 2.45) is 34.8 Å². The van der Waals surface area contributed by atoms with Gasteiger partial charge in [0.2, 0.25) is 0 Å². The summed E-state index contributed by atoms with van der Waals surface area (Å²) in [4.78, 5) is 0. The molecule has 1 nitrogen and oxygen atoms in total. The molecule has 0 aromatic carbocycles. The first kappa shape index (κ1) is 9.51. The van der Waals surface area contributed by atoms with Gasteiger partial charge < -0.3 is 5.73 Å². The van der Waals surface area contributed by atoms with Gasteiger partial charge in [-0.2, -0.15) is 0 Å². The van der Waals surface area contributed by atoms with E-state index in [0.29, 0.717) is 11.5 Å². The summed E-state index contributed by atoms with van der Waals surface area (Å²) in [5.74, 6) is 3.49. The van der Waals surface area contributed by atoms with Gasteiger partial charge in [0.1, 0.15) is 0 Å². The number of fused-ring (bicyclic) bond motifs is 1. The Kier molecular flexibility index (Phi) is 1.99. The van der Waals surface area contributed by atoms with E-state index in [1.807, 2.05) is 0 Å². The molecule has 2 N–H and O–H groups in total. The standard InChI is InChI=1S/C12H23N/c1-7-5-8(2)12(4)6-10(12)11(7)9(3)13/h7-11H,5-6,13H2,1-4H3/t7?,8-,9?,10?,11?,12?/m0/s1. The molecule has 0 bridgehead atoms. The van der Waals surface area contributed by atoms with Gasteiger partial charge in [-0.25, -0.2) is 0 Å². The minimum atomic E-state index is 0.398. The van der Waals surface area contributed by atoms with Crippen LogP contribution < -0.4 is 5.73 Å². The first-order valence-electron chi connectivity index (χ1n) is 5.72. The third-order valence-corrected chi connectivity index (χ3v) is 4.93.